The zero-order valence-electron chi connectivity index (χ0n) is 12.3. The fraction of sp³-hybridized carbons (Fsp3) is 0.278. The quantitative estimate of drug-likeness (QED) is 0.854. The number of amides is 1. The number of pyridine rings is 1. The first-order valence-corrected chi connectivity index (χ1v) is 7.71. The number of hydrogen-bond acceptors (Lipinski definition) is 3. The molecule has 4 atom stereocenters. The van der Waals surface area contributed by atoms with Gasteiger partial charge in [-0.25, -0.2) is 0 Å². The van der Waals surface area contributed by atoms with Gasteiger partial charge in [0, 0.05) is 11.6 Å². The van der Waals surface area contributed by atoms with E-state index in [1.807, 2.05) is 36.4 Å². The Hall–Kier alpha value is -2.69. The van der Waals surface area contributed by atoms with Gasteiger partial charge >= 0.3 is 5.97 Å². The van der Waals surface area contributed by atoms with Crippen LogP contribution in [0.25, 0.3) is 10.9 Å². The van der Waals surface area contributed by atoms with Gasteiger partial charge in [0.25, 0.3) is 0 Å². The summed E-state index contributed by atoms with van der Waals surface area (Å²) in [5.74, 6) is -2.28. The third kappa shape index (κ3) is 2.20. The number of aromatic nitrogens is 1. The van der Waals surface area contributed by atoms with Gasteiger partial charge in [0.15, 0.2) is 0 Å². The third-order valence-corrected chi connectivity index (χ3v) is 4.94. The number of fused-ring (bicyclic) bond motifs is 3. The van der Waals surface area contributed by atoms with E-state index >= 15 is 0 Å². The lowest BCUT2D eigenvalue weighted by atomic mass is 9.82. The van der Waals surface area contributed by atoms with Gasteiger partial charge in [-0.15, -0.1) is 0 Å². The Morgan fingerprint density at radius 2 is 1.83 bits per heavy atom. The van der Waals surface area contributed by atoms with Crippen LogP contribution in [-0.4, -0.2) is 22.0 Å². The highest BCUT2D eigenvalue weighted by Crippen LogP contribution is 2.48. The average molecular weight is 308 g/mol. The van der Waals surface area contributed by atoms with Crippen LogP contribution in [0.1, 0.15) is 6.42 Å². The number of para-hydroxylation sites is 1. The van der Waals surface area contributed by atoms with Crippen LogP contribution in [0.5, 0.6) is 0 Å². The van der Waals surface area contributed by atoms with E-state index in [2.05, 4.69) is 10.3 Å². The molecule has 4 rings (SSSR count). The van der Waals surface area contributed by atoms with E-state index in [-0.39, 0.29) is 17.7 Å². The van der Waals surface area contributed by atoms with Crippen molar-refractivity contribution >= 4 is 28.5 Å². The van der Waals surface area contributed by atoms with Crippen LogP contribution in [0, 0.1) is 23.7 Å². The van der Waals surface area contributed by atoms with E-state index in [4.69, 9.17) is 0 Å². The first kappa shape index (κ1) is 13.9. The van der Waals surface area contributed by atoms with Crippen molar-refractivity contribution in [2.24, 2.45) is 23.7 Å². The van der Waals surface area contributed by atoms with Crippen molar-refractivity contribution in [3.63, 3.8) is 0 Å². The van der Waals surface area contributed by atoms with Gasteiger partial charge in [-0.2, -0.15) is 0 Å². The van der Waals surface area contributed by atoms with Crippen molar-refractivity contribution in [3.8, 4) is 0 Å². The van der Waals surface area contributed by atoms with Crippen LogP contribution < -0.4 is 5.32 Å². The Morgan fingerprint density at radius 1 is 1.09 bits per heavy atom. The minimum absolute atomic E-state index is 0.0176. The minimum Gasteiger partial charge on any atom is -0.481 e. The van der Waals surface area contributed by atoms with Crippen molar-refractivity contribution in [2.75, 3.05) is 5.32 Å². The number of carbonyl (C=O) groups is 2. The average Bonchev–Trinajstić information content (AvgIpc) is 3.16. The third-order valence-electron chi connectivity index (χ3n) is 4.94. The van der Waals surface area contributed by atoms with Crippen LogP contribution in [-0.2, 0) is 9.59 Å². The molecule has 1 amide bonds. The molecule has 116 valence electrons. The van der Waals surface area contributed by atoms with E-state index < -0.39 is 17.8 Å². The molecule has 23 heavy (non-hydrogen) atoms. The summed E-state index contributed by atoms with van der Waals surface area (Å²) < 4.78 is 0. The van der Waals surface area contributed by atoms with Gasteiger partial charge < -0.3 is 10.4 Å². The summed E-state index contributed by atoms with van der Waals surface area (Å²) in [6.45, 7) is 0. The number of nitrogens with one attached hydrogen (secondary N) is 1. The number of nitrogens with zero attached hydrogens (tertiary/aromatic N) is 1. The fourth-order valence-electron chi connectivity index (χ4n) is 3.94. The summed E-state index contributed by atoms with van der Waals surface area (Å²) in [7, 11) is 0. The number of aliphatic carboxylic acids is 1. The molecule has 0 spiro atoms. The summed E-state index contributed by atoms with van der Waals surface area (Å²) in [5.41, 5.74) is 1.35. The second-order valence-electron chi connectivity index (χ2n) is 6.21. The summed E-state index contributed by atoms with van der Waals surface area (Å²) >= 11 is 0. The zero-order chi connectivity index (χ0) is 16.0. The first-order chi connectivity index (χ1) is 11.1. The Morgan fingerprint density at radius 3 is 2.61 bits per heavy atom. The van der Waals surface area contributed by atoms with Gasteiger partial charge in [0.1, 0.15) is 0 Å². The van der Waals surface area contributed by atoms with Crippen LogP contribution in [0.2, 0.25) is 0 Å². The van der Waals surface area contributed by atoms with Gasteiger partial charge in [0.2, 0.25) is 5.91 Å². The monoisotopic (exact) mass is 308 g/mol. The predicted molar refractivity (Wildman–Crippen MR) is 85.7 cm³/mol. The van der Waals surface area contributed by atoms with Crippen molar-refractivity contribution in [1.29, 1.82) is 0 Å². The molecule has 2 aromatic rings. The number of rotatable bonds is 3. The highest BCUT2D eigenvalue weighted by atomic mass is 16.4. The molecule has 1 aromatic carbocycles. The maximum absolute atomic E-state index is 12.7. The highest BCUT2D eigenvalue weighted by Gasteiger charge is 2.51. The number of carbonyl (C=O) groups excluding carboxylic acids is 1. The van der Waals surface area contributed by atoms with E-state index in [9.17, 15) is 14.7 Å². The summed E-state index contributed by atoms with van der Waals surface area (Å²) in [4.78, 5) is 28.6. The molecule has 2 aliphatic carbocycles. The molecule has 2 N–H and O–H groups in total. The van der Waals surface area contributed by atoms with Crippen molar-refractivity contribution in [1.82, 2.24) is 4.98 Å². The molecule has 2 aliphatic rings. The van der Waals surface area contributed by atoms with Crippen LogP contribution in [0.15, 0.2) is 48.7 Å². The molecule has 5 heteroatoms. The van der Waals surface area contributed by atoms with Crippen molar-refractivity contribution < 1.29 is 14.7 Å². The molecular formula is C18H16N2O3. The number of carboxylic acids is 1. The van der Waals surface area contributed by atoms with Crippen molar-refractivity contribution in [3.05, 3.63) is 48.7 Å². The molecule has 0 unspecified atom stereocenters. The molecule has 1 saturated carbocycles. The Bertz CT molecular complexity index is 825. The standard InChI is InChI=1S/C18H16N2O3/c21-17(14-11-6-7-12(9-11)15(14)18(22)23)20-13-5-1-3-10-4-2-8-19-16(10)13/h1-8,11-12,14-15H,9H2,(H,20,21)(H,22,23)/t11-,12+,14-,15-/m0/s1. The Labute approximate surface area is 133 Å². The topological polar surface area (TPSA) is 79.3 Å². The lowest BCUT2D eigenvalue weighted by molar-refractivity contribution is -0.146. The molecule has 1 heterocycles. The highest BCUT2D eigenvalue weighted by molar-refractivity contribution is 6.02. The number of benzene rings is 1. The first-order valence-electron chi connectivity index (χ1n) is 7.71. The molecule has 5 nitrogen and oxygen atoms in total. The predicted octanol–water partition coefficient (Wildman–Crippen LogP) is 2.70. The Kier molecular flexibility index (Phi) is 3.15. The lowest BCUT2D eigenvalue weighted by Gasteiger charge is -2.24. The smallest absolute Gasteiger partial charge is 0.307 e. The number of allylic oxidation sites excluding steroid dienone is 2. The van der Waals surface area contributed by atoms with Gasteiger partial charge in [-0.1, -0.05) is 30.4 Å². The van der Waals surface area contributed by atoms with Gasteiger partial charge in [-0.05, 0) is 30.4 Å². The molecule has 1 fully saturated rings. The molecule has 0 aliphatic heterocycles. The van der Waals surface area contributed by atoms with Crippen LogP contribution in [0.4, 0.5) is 5.69 Å². The van der Waals surface area contributed by atoms with Crippen LogP contribution in [0.3, 0.4) is 0 Å². The lowest BCUT2D eigenvalue weighted by Crippen LogP contribution is -2.36. The number of anilines is 1. The largest absolute Gasteiger partial charge is 0.481 e. The van der Waals surface area contributed by atoms with Crippen LogP contribution >= 0.6 is 0 Å². The second-order valence-corrected chi connectivity index (χ2v) is 6.21. The summed E-state index contributed by atoms with van der Waals surface area (Å²) in [5, 5.41) is 13.3. The Balaban J connectivity index is 1.65. The second kappa shape index (κ2) is 5.19. The normalized spacial score (nSPS) is 28.2. The van der Waals surface area contributed by atoms with Gasteiger partial charge in [0.05, 0.1) is 23.0 Å². The number of hydrogen-bond donors (Lipinski definition) is 2. The molecular weight excluding hydrogens is 292 g/mol. The maximum Gasteiger partial charge on any atom is 0.307 e. The molecule has 2 bridgehead atoms. The SMILES string of the molecule is O=C(O)[C@@H]1[C@@H](C(=O)Nc2cccc3cccnc23)[C@H]2C=C[C@@H]1C2. The van der Waals surface area contributed by atoms with E-state index in [0.717, 1.165) is 11.8 Å². The van der Waals surface area contributed by atoms with E-state index in [1.165, 1.54) is 0 Å². The molecule has 1 aromatic heterocycles. The fourth-order valence-corrected chi connectivity index (χ4v) is 3.94. The van der Waals surface area contributed by atoms with E-state index in [0.29, 0.717) is 11.2 Å². The number of carboxylic acid groups (broad SMARTS) is 1. The molecule has 0 saturated heterocycles. The molecule has 0 radical (unpaired) electrons. The maximum atomic E-state index is 12.7. The summed E-state index contributed by atoms with van der Waals surface area (Å²) in [6, 6.07) is 9.35. The minimum atomic E-state index is -0.891. The van der Waals surface area contributed by atoms with E-state index in [1.54, 1.807) is 12.3 Å². The zero-order valence-corrected chi connectivity index (χ0v) is 12.3. The summed E-state index contributed by atoms with van der Waals surface area (Å²) in [6.07, 6.45) is 6.35. The van der Waals surface area contributed by atoms with Gasteiger partial charge in [-0.3, -0.25) is 14.6 Å². The van der Waals surface area contributed by atoms with Crippen molar-refractivity contribution in [2.45, 2.75) is 6.42 Å².